The van der Waals surface area contributed by atoms with E-state index in [1.165, 1.54) is 60.9 Å². The monoisotopic (exact) mass is 1320 g/mol. The smallest absolute Gasteiger partial charge is 0.0582 e. The zero-order valence-electron chi connectivity index (χ0n) is 57.4. The Morgan fingerprint density at radius 2 is 0.466 bits per heavy atom. The number of fused-ring (bicyclic) bond motifs is 5. The van der Waals surface area contributed by atoms with E-state index in [2.05, 4.69) is 433 Å². The minimum atomic E-state index is -0.268. The number of benzene rings is 16. The Labute approximate surface area is 602 Å². The van der Waals surface area contributed by atoms with Crippen LogP contribution in [0.25, 0.3) is 105 Å². The van der Waals surface area contributed by atoms with Gasteiger partial charge in [0.25, 0.3) is 0 Å². The second-order valence-corrected chi connectivity index (χ2v) is 27.3. The van der Waals surface area contributed by atoms with Gasteiger partial charge in [-0.25, -0.2) is 0 Å². The number of para-hydroxylation sites is 1. The predicted molar refractivity (Wildman–Crippen MR) is 435 cm³/mol. The summed E-state index contributed by atoms with van der Waals surface area (Å²) < 4.78 is 2.53. The first kappa shape index (κ1) is 62.0. The first-order valence-corrected chi connectivity index (χ1v) is 35.5. The highest BCUT2D eigenvalue weighted by Crippen LogP contribution is 2.52. The van der Waals surface area contributed by atoms with E-state index in [1.807, 2.05) is 0 Å². The molecule has 0 unspecified atom stereocenters. The summed E-state index contributed by atoms with van der Waals surface area (Å²) in [6, 6.07) is 147. The molecule has 0 radical (unpaired) electrons. The highest BCUT2D eigenvalue weighted by atomic mass is 15.2. The maximum Gasteiger partial charge on any atom is 0.0582 e. The quantitative estimate of drug-likeness (QED) is 0.0958. The van der Waals surface area contributed by atoms with Gasteiger partial charge in [-0.3, -0.25) is 0 Å². The molecule has 1 aromatic heterocycles. The topological polar surface area (TPSA) is 14.7 Å². The number of hydrogen-bond donors (Lipinski definition) is 0. The van der Waals surface area contributed by atoms with E-state index in [-0.39, 0.29) is 5.41 Å². The van der Waals surface area contributed by atoms with E-state index >= 15 is 0 Å². The van der Waals surface area contributed by atoms with Gasteiger partial charge in [0.05, 0.1) is 16.7 Å². The Morgan fingerprint density at radius 1 is 0.194 bits per heavy atom. The average molecular weight is 1320 g/mol. The molecule has 0 aliphatic carbocycles. The fraction of sp³-hybridized carbons (Fsp3) is 0.0303. The lowest BCUT2D eigenvalue weighted by molar-refractivity contribution is 0.630. The van der Waals surface area contributed by atoms with Gasteiger partial charge in [0.1, 0.15) is 0 Å². The lowest BCUT2D eigenvalue weighted by Gasteiger charge is -2.35. The van der Waals surface area contributed by atoms with E-state index in [9.17, 15) is 0 Å². The molecule has 0 N–H and O–H groups in total. The first-order chi connectivity index (χ1) is 50.8. The third-order valence-electron chi connectivity index (χ3n) is 20.7. The van der Waals surface area contributed by atoms with Gasteiger partial charge in [-0.2, -0.15) is 0 Å². The maximum atomic E-state index is 2.53. The molecule has 17 aromatic rings. The minimum Gasteiger partial charge on any atom is -0.310 e. The van der Waals surface area contributed by atoms with E-state index in [4.69, 9.17) is 0 Å². The van der Waals surface area contributed by atoms with Crippen molar-refractivity contribution in [3.05, 3.63) is 412 Å². The van der Waals surface area contributed by atoms with E-state index in [1.54, 1.807) is 0 Å². The van der Waals surface area contributed by atoms with Crippen LogP contribution in [0.5, 0.6) is 0 Å². The van der Waals surface area contributed by atoms with Crippen molar-refractivity contribution in [3.8, 4) is 83.6 Å². The summed E-state index contributed by atoms with van der Waals surface area (Å²) in [6.07, 6.45) is 0. The molecule has 1 aliphatic rings. The van der Waals surface area contributed by atoms with Crippen LogP contribution in [-0.4, -0.2) is 4.57 Å². The van der Waals surface area contributed by atoms with Crippen LogP contribution in [0.1, 0.15) is 25.0 Å². The van der Waals surface area contributed by atoms with Gasteiger partial charge in [-0.1, -0.05) is 269 Å². The molecule has 0 spiro atoms. The Bertz CT molecular complexity index is 5510. The van der Waals surface area contributed by atoms with Gasteiger partial charge >= 0.3 is 0 Å². The Kier molecular flexibility index (Phi) is 15.9. The third-order valence-corrected chi connectivity index (χ3v) is 20.7. The summed E-state index contributed by atoms with van der Waals surface area (Å²) in [5.41, 5.74) is 31.6. The molecule has 2 heterocycles. The molecule has 0 atom stereocenters. The SMILES string of the molecule is CC1(C)c2ccccc2-n2c3ccc(N(c4ccc(N(c5ccc(-c6ccccc6)cc5)c5cc(-c6ccccc6)cc(-c6ccccc6)c5)cc4)c4ccc(N(c5ccc(-c6ccccc6)cc5)c5cc(-c6ccccc6)cc(-c6ccccc6)c5)cc4)cc3c3cc(-c4ccccc4)cc1c32. The molecule has 0 fully saturated rings. The number of rotatable bonds is 16. The van der Waals surface area contributed by atoms with E-state index in [0.717, 1.165) is 107 Å². The number of anilines is 9. The van der Waals surface area contributed by atoms with E-state index < -0.39 is 0 Å². The molecule has 4 heteroatoms. The summed E-state index contributed by atoms with van der Waals surface area (Å²) in [5.74, 6) is 0. The summed E-state index contributed by atoms with van der Waals surface area (Å²) >= 11 is 0. The average Bonchev–Trinajstić information content (AvgIpc) is 1.55. The van der Waals surface area contributed by atoms with Crippen LogP contribution in [0.4, 0.5) is 51.2 Å². The van der Waals surface area contributed by atoms with Crippen molar-refractivity contribution in [3.63, 3.8) is 0 Å². The van der Waals surface area contributed by atoms with Crippen LogP contribution in [0.3, 0.4) is 0 Å². The summed E-state index contributed by atoms with van der Waals surface area (Å²) in [7, 11) is 0. The van der Waals surface area contributed by atoms with Gasteiger partial charge in [0.2, 0.25) is 0 Å². The van der Waals surface area contributed by atoms with Crippen LogP contribution in [-0.2, 0) is 5.41 Å². The largest absolute Gasteiger partial charge is 0.310 e. The molecule has 0 saturated carbocycles. The normalized spacial score (nSPS) is 12.1. The molecule has 18 rings (SSSR count). The number of nitrogens with zero attached hydrogens (tertiary/aromatic N) is 4. The molecule has 488 valence electrons. The van der Waals surface area contributed by atoms with Crippen molar-refractivity contribution >= 4 is 73.0 Å². The van der Waals surface area contributed by atoms with Crippen LogP contribution in [0, 0.1) is 0 Å². The molecule has 0 amide bonds. The van der Waals surface area contributed by atoms with Gasteiger partial charge in [0.15, 0.2) is 0 Å². The van der Waals surface area contributed by atoms with Crippen molar-refractivity contribution in [2.75, 3.05) is 14.7 Å². The minimum absolute atomic E-state index is 0.268. The molecule has 16 aromatic carbocycles. The van der Waals surface area contributed by atoms with Crippen LogP contribution in [0.2, 0.25) is 0 Å². The summed E-state index contributed by atoms with van der Waals surface area (Å²) in [4.78, 5) is 7.27. The second-order valence-electron chi connectivity index (χ2n) is 27.3. The molecule has 4 nitrogen and oxygen atoms in total. The molecule has 0 saturated heterocycles. The van der Waals surface area contributed by atoms with Gasteiger partial charge < -0.3 is 19.3 Å². The zero-order chi connectivity index (χ0) is 68.8. The molecule has 1 aliphatic heterocycles. The number of hydrogen-bond acceptors (Lipinski definition) is 3. The van der Waals surface area contributed by atoms with Crippen molar-refractivity contribution in [2.24, 2.45) is 0 Å². The Balaban J connectivity index is 0.831. The van der Waals surface area contributed by atoms with Crippen molar-refractivity contribution in [1.29, 1.82) is 0 Å². The van der Waals surface area contributed by atoms with Gasteiger partial charge in [-0.15, -0.1) is 0 Å². The molecule has 0 bridgehead atoms. The summed E-state index contributed by atoms with van der Waals surface area (Å²) in [6.45, 7) is 4.78. The Hall–Kier alpha value is -13.3. The van der Waals surface area contributed by atoms with Crippen molar-refractivity contribution in [2.45, 2.75) is 19.3 Å². The van der Waals surface area contributed by atoms with Crippen LogP contribution in [0.15, 0.2) is 400 Å². The predicted octanol–water partition coefficient (Wildman–Crippen LogP) is 27.5. The highest BCUT2D eigenvalue weighted by molar-refractivity contribution is 6.14. The second kappa shape index (κ2) is 26.4. The van der Waals surface area contributed by atoms with Gasteiger partial charge in [-0.05, 0) is 235 Å². The van der Waals surface area contributed by atoms with Crippen LogP contribution < -0.4 is 14.7 Å². The van der Waals surface area contributed by atoms with Crippen LogP contribution >= 0.6 is 0 Å². The maximum absolute atomic E-state index is 2.53. The standard InChI is InChI=1S/C99H72N4/c1-99(2)94-40-24-25-41-97(94)103-96-59-58-89(68-92(96)93-66-82(67-95(99)98(93)103)75-38-22-9-23-39-75)100(85-50-54-87(55-51-85)101(83-46-42-76(43-47-83)69-26-10-3-11-27-69)90-62-78(71-30-14-5-15-31-71)60-79(63-90)72-32-16-6-17-33-72)86-52-56-88(57-53-86)102(84-48-44-77(45-49-84)70-28-12-4-13-29-70)91-64-80(73-34-18-7-19-35-73)61-81(65-91)74-36-20-8-21-37-74/h3-68H,1-2H3. The zero-order valence-corrected chi connectivity index (χ0v) is 57.4. The molecule has 103 heavy (non-hydrogen) atoms. The highest BCUT2D eigenvalue weighted by Gasteiger charge is 2.36. The fourth-order valence-corrected chi connectivity index (χ4v) is 15.5. The lowest BCUT2D eigenvalue weighted by Crippen LogP contribution is -2.26. The van der Waals surface area contributed by atoms with Gasteiger partial charge in [0, 0.05) is 67.4 Å². The Morgan fingerprint density at radius 3 is 0.816 bits per heavy atom. The molecular formula is C99H72N4. The lowest BCUT2D eigenvalue weighted by atomic mass is 9.74. The van der Waals surface area contributed by atoms with Crippen molar-refractivity contribution < 1.29 is 0 Å². The molecular weight excluding hydrogens is 1250 g/mol. The first-order valence-electron chi connectivity index (χ1n) is 35.5. The third kappa shape index (κ3) is 11.7. The van der Waals surface area contributed by atoms with E-state index in [0.29, 0.717) is 0 Å². The van der Waals surface area contributed by atoms with Crippen molar-refractivity contribution in [1.82, 2.24) is 4.57 Å². The fourth-order valence-electron chi connectivity index (χ4n) is 15.5. The number of aromatic nitrogens is 1. The summed E-state index contributed by atoms with van der Waals surface area (Å²) in [5, 5.41) is 2.41.